The van der Waals surface area contributed by atoms with Gasteiger partial charge in [-0.15, -0.1) is 0 Å². The standard InChI is InChI=1S/C15H26N2O/c1-14(2,3)10-11-18-13-9-7-8-12(16-13)17-15(4,5)6/h7-9H,10-11H2,1-6H3,(H,16,17). The van der Waals surface area contributed by atoms with Crippen molar-refractivity contribution in [3.05, 3.63) is 18.2 Å². The lowest BCUT2D eigenvalue weighted by molar-refractivity contribution is 0.236. The summed E-state index contributed by atoms with van der Waals surface area (Å²) in [7, 11) is 0. The maximum atomic E-state index is 5.69. The van der Waals surface area contributed by atoms with E-state index in [4.69, 9.17) is 4.74 Å². The average molecular weight is 250 g/mol. The summed E-state index contributed by atoms with van der Waals surface area (Å²) >= 11 is 0. The van der Waals surface area contributed by atoms with Crippen LogP contribution in [0, 0.1) is 5.41 Å². The van der Waals surface area contributed by atoms with E-state index in [1.54, 1.807) is 0 Å². The van der Waals surface area contributed by atoms with Crippen molar-refractivity contribution >= 4 is 5.82 Å². The summed E-state index contributed by atoms with van der Waals surface area (Å²) in [4.78, 5) is 4.44. The molecular formula is C15H26N2O. The number of ether oxygens (including phenoxy) is 1. The summed E-state index contributed by atoms with van der Waals surface area (Å²) in [6, 6.07) is 5.83. The highest BCUT2D eigenvalue weighted by atomic mass is 16.5. The van der Waals surface area contributed by atoms with Crippen molar-refractivity contribution < 1.29 is 4.74 Å². The zero-order valence-corrected chi connectivity index (χ0v) is 12.5. The second-order valence-electron chi connectivity index (χ2n) is 6.90. The molecule has 1 aromatic rings. The summed E-state index contributed by atoms with van der Waals surface area (Å²) < 4.78 is 5.69. The van der Waals surface area contributed by atoms with Crippen LogP contribution in [0.2, 0.25) is 0 Å². The van der Waals surface area contributed by atoms with E-state index in [9.17, 15) is 0 Å². The number of nitrogens with one attached hydrogen (secondary N) is 1. The molecular weight excluding hydrogens is 224 g/mol. The second-order valence-corrected chi connectivity index (χ2v) is 6.90. The number of aromatic nitrogens is 1. The van der Waals surface area contributed by atoms with E-state index < -0.39 is 0 Å². The number of anilines is 1. The first kappa shape index (κ1) is 14.8. The number of hydrogen-bond donors (Lipinski definition) is 1. The van der Waals surface area contributed by atoms with Crippen molar-refractivity contribution in [1.82, 2.24) is 4.98 Å². The minimum Gasteiger partial charge on any atom is -0.478 e. The van der Waals surface area contributed by atoms with Crippen LogP contribution in [-0.2, 0) is 0 Å². The normalized spacial score (nSPS) is 12.3. The summed E-state index contributed by atoms with van der Waals surface area (Å²) in [6.45, 7) is 13.7. The van der Waals surface area contributed by atoms with Crippen LogP contribution in [0.4, 0.5) is 5.82 Å². The van der Waals surface area contributed by atoms with Gasteiger partial charge in [0, 0.05) is 11.6 Å². The number of pyridine rings is 1. The van der Waals surface area contributed by atoms with Crippen LogP contribution in [-0.4, -0.2) is 17.1 Å². The van der Waals surface area contributed by atoms with Crippen molar-refractivity contribution in [2.24, 2.45) is 5.41 Å². The first-order valence-corrected chi connectivity index (χ1v) is 6.54. The van der Waals surface area contributed by atoms with Gasteiger partial charge in [-0.3, -0.25) is 0 Å². The van der Waals surface area contributed by atoms with E-state index in [1.165, 1.54) is 0 Å². The Morgan fingerprint density at radius 3 is 2.33 bits per heavy atom. The average Bonchev–Trinajstić information content (AvgIpc) is 2.13. The van der Waals surface area contributed by atoms with Crippen molar-refractivity contribution in [3.63, 3.8) is 0 Å². The van der Waals surface area contributed by atoms with Crippen LogP contribution in [0.15, 0.2) is 18.2 Å². The highest BCUT2D eigenvalue weighted by molar-refractivity contribution is 5.39. The Bertz CT molecular complexity index is 375. The molecule has 1 rings (SSSR count). The lowest BCUT2D eigenvalue weighted by Gasteiger charge is -2.22. The van der Waals surface area contributed by atoms with Gasteiger partial charge in [-0.05, 0) is 38.7 Å². The topological polar surface area (TPSA) is 34.1 Å². The molecule has 0 aliphatic heterocycles. The van der Waals surface area contributed by atoms with E-state index in [0.29, 0.717) is 17.9 Å². The second kappa shape index (κ2) is 5.59. The van der Waals surface area contributed by atoms with Crippen molar-refractivity contribution in [3.8, 4) is 5.88 Å². The van der Waals surface area contributed by atoms with Crippen molar-refractivity contribution in [1.29, 1.82) is 0 Å². The van der Waals surface area contributed by atoms with Crippen LogP contribution in [0.5, 0.6) is 5.88 Å². The van der Waals surface area contributed by atoms with Crippen LogP contribution >= 0.6 is 0 Å². The fourth-order valence-corrected chi connectivity index (χ4v) is 1.41. The first-order valence-electron chi connectivity index (χ1n) is 6.54. The van der Waals surface area contributed by atoms with Gasteiger partial charge >= 0.3 is 0 Å². The molecule has 102 valence electrons. The third kappa shape index (κ3) is 6.48. The third-order valence-corrected chi connectivity index (χ3v) is 2.33. The van der Waals surface area contributed by atoms with Gasteiger partial charge in [-0.2, -0.15) is 4.98 Å². The molecule has 0 amide bonds. The molecule has 1 heterocycles. The summed E-state index contributed by atoms with van der Waals surface area (Å²) in [5, 5.41) is 3.34. The van der Waals surface area contributed by atoms with Gasteiger partial charge in [0.2, 0.25) is 5.88 Å². The molecule has 0 aliphatic rings. The van der Waals surface area contributed by atoms with Gasteiger partial charge in [0.15, 0.2) is 0 Å². The molecule has 0 radical (unpaired) electrons. The van der Waals surface area contributed by atoms with Crippen molar-refractivity contribution in [2.45, 2.75) is 53.5 Å². The Morgan fingerprint density at radius 2 is 1.78 bits per heavy atom. The predicted molar refractivity (Wildman–Crippen MR) is 77.2 cm³/mol. The highest BCUT2D eigenvalue weighted by Crippen LogP contribution is 2.20. The molecule has 3 heteroatoms. The minimum absolute atomic E-state index is 0.0109. The van der Waals surface area contributed by atoms with E-state index in [-0.39, 0.29) is 5.54 Å². The Labute approximate surface area is 111 Å². The Morgan fingerprint density at radius 1 is 1.11 bits per heavy atom. The molecule has 0 bridgehead atoms. The maximum absolute atomic E-state index is 5.69. The molecule has 0 saturated carbocycles. The van der Waals surface area contributed by atoms with Crippen LogP contribution < -0.4 is 10.1 Å². The van der Waals surface area contributed by atoms with E-state index >= 15 is 0 Å². The number of nitrogens with zero attached hydrogens (tertiary/aromatic N) is 1. The molecule has 0 aliphatic carbocycles. The van der Waals surface area contributed by atoms with Gasteiger partial charge in [0.25, 0.3) is 0 Å². The molecule has 1 aromatic heterocycles. The quantitative estimate of drug-likeness (QED) is 0.873. The Balaban J connectivity index is 2.55. The monoisotopic (exact) mass is 250 g/mol. The van der Waals surface area contributed by atoms with Gasteiger partial charge in [0.1, 0.15) is 5.82 Å². The van der Waals surface area contributed by atoms with Gasteiger partial charge in [0.05, 0.1) is 6.61 Å². The molecule has 0 atom stereocenters. The summed E-state index contributed by atoms with van der Waals surface area (Å²) in [5.41, 5.74) is 0.304. The largest absolute Gasteiger partial charge is 0.478 e. The molecule has 18 heavy (non-hydrogen) atoms. The van der Waals surface area contributed by atoms with Crippen molar-refractivity contribution in [2.75, 3.05) is 11.9 Å². The third-order valence-electron chi connectivity index (χ3n) is 2.33. The number of hydrogen-bond acceptors (Lipinski definition) is 3. The molecule has 0 saturated heterocycles. The summed E-state index contributed by atoms with van der Waals surface area (Å²) in [6.07, 6.45) is 1.02. The lowest BCUT2D eigenvalue weighted by atomic mass is 9.93. The first-order chi connectivity index (χ1) is 8.16. The van der Waals surface area contributed by atoms with E-state index in [0.717, 1.165) is 12.2 Å². The SMILES string of the molecule is CC(C)(C)CCOc1cccc(NC(C)(C)C)n1. The van der Waals surface area contributed by atoms with Crippen LogP contribution in [0.25, 0.3) is 0 Å². The Hall–Kier alpha value is -1.25. The molecule has 0 unspecified atom stereocenters. The zero-order chi connectivity index (χ0) is 13.8. The molecule has 0 fully saturated rings. The lowest BCUT2D eigenvalue weighted by Crippen LogP contribution is -2.26. The van der Waals surface area contributed by atoms with Crippen LogP contribution in [0.1, 0.15) is 48.0 Å². The minimum atomic E-state index is 0.0109. The highest BCUT2D eigenvalue weighted by Gasteiger charge is 2.12. The summed E-state index contributed by atoms with van der Waals surface area (Å²) in [5.74, 6) is 1.55. The van der Waals surface area contributed by atoms with E-state index in [1.807, 2.05) is 18.2 Å². The number of rotatable bonds is 4. The molecule has 0 spiro atoms. The van der Waals surface area contributed by atoms with Gasteiger partial charge in [-0.1, -0.05) is 26.8 Å². The Kier molecular flexibility index (Phi) is 4.60. The van der Waals surface area contributed by atoms with E-state index in [2.05, 4.69) is 51.8 Å². The fourth-order valence-electron chi connectivity index (χ4n) is 1.41. The molecule has 1 N–H and O–H groups in total. The molecule has 0 aromatic carbocycles. The van der Waals surface area contributed by atoms with Gasteiger partial charge < -0.3 is 10.1 Å². The smallest absolute Gasteiger partial charge is 0.215 e. The zero-order valence-electron chi connectivity index (χ0n) is 12.5. The predicted octanol–water partition coefficient (Wildman–Crippen LogP) is 4.11. The fraction of sp³-hybridized carbons (Fsp3) is 0.667. The van der Waals surface area contributed by atoms with Crippen LogP contribution in [0.3, 0.4) is 0 Å². The molecule has 3 nitrogen and oxygen atoms in total. The maximum Gasteiger partial charge on any atom is 0.215 e. The van der Waals surface area contributed by atoms with Gasteiger partial charge in [-0.25, -0.2) is 0 Å².